The Labute approximate surface area is 144 Å². The fourth-order valence-corrected chi connectivity index (χ4v) is 1.66. The molecule has 1 aliphatic heterocycles. The monoisotopic (exact) mass is 259 g/mol. The number of hydrogen-bond donors (Lipinski definition) is 1. The quantitative estimate of drug-likeness (QED) is 0.801. The molecule has 17 heavy (non-hydrogen) atoms. The van der Waals surface area contributed by atoms with Gasteiger partial charge >= 0.3 is 6.09 Å². The third kappa shape index (κ3) is 5.07. The summed E-state index contributed by atoms with van der Waals surface area (Å²) in [5.41, 5.74) is 1.02. The first kappa shape index (κ1) is 15.1. The summed E-state index contributed by atoms with van der Waals surface area (Å²) in [7, 11) is 0. The summed E-state index contributed by atoms with van der Waals surface area (Å²) in [6, 6.07) is 9.72. The predicted octanol–water partition coefficient (Wildman–Crippen LogP) is 0.848. The van der Waals surface area contributed by atoms with Gasteiger partial charge in [0.2, 0.25) is 0 Å². The van der Waals surface area contributed by atoms with Crippen molar-refractivity contribution in [3.8, 4) is 0 Å². The zero-order valence-electron chi connectivity index (χ0n) is 10.2. The van der Waals surface area contributed by atoms with Crippen molar-refractivity contribution in [1.29, 1.82) is 0 Å². The molecule has 1 saturated heterocycles. The molecule has 0 bridgehead atoms. The number of piperazine rings is 1. The molecule has 1 aromatic carbocycles. The summed E-state index contributed by atoms with van der Waals surface area (Å²) in [5, 5.41) is 3.19. The molecule has 1 amide bonds. The van der Waals surface area contributed by atoms with Gasteiger partial charge in [-0.1, -0.05) is 30.3 Å². The Balaban J connectivity index is 0.00000144. The molecule has 0 spiro atoms. The summed E-state index contributed by atoms with van der Waals surface area (Å²) in [5.74, 6) is 0. The zero-order chi connectivity index (χ0) is 11.2. The number of nitrogens with one attached hydrogen (secondary N) is 1. The van der Waals surface area contributed by atoms with Crippen molar-refractivity contribution in [1.82, 2.24) is 10.2 Å². The van der Waals surface area contributed by atoms with Crippen LogP contribution in [0.15, 0.2) is 30.3 Å². The molecule has 0 saturated carbocycles. The van der Waals surface area contributed by atoms with Gasteiger partial charge in [-0.2, -0.15) is 0 Å². The van der Waals surface area contributed by atoms with Crippen molar-refractivity contribution in [2.75, 3.05) is 26.2 Å². The SMILES string of the molecule is O=C(OCc1ccccc1)N1CCNCC1.[K]. The smallest absolute Gasteiger partial charge is 0.410 e. The van der Waals surface area contributed by atoms with E-state index in [4.69, 9.17) is 4.74 Å². The first-order valence-electron chi connectivity index (χ1n) is 5.52. The number of rotatable bonds is 2. The van der Waals surface area contributed by atoms with E-state index in [9.17, 15) is 4.79 Å². The Bertz CT molecular complexity index is 340. The Morgan fingerprint density at radius 3 is 2.53 bits per heavy atom. The van der Waals surface area contributed by atoms with E-state index in [1.54, 1.807) is 4.90 Å². The fourth-order valence-electron chi connectivity index (χ4n) is 1.66. The van der Waals surface area contributed by atoms with Gasteiger partial charge in [-0.05, 0) is 5.56 Å². The van der Waals surface area contributed by atoms with Crippen LogP contribution in [0.4, 0.5) is 4.79 Å². The molecule has 1 radical (unpaired) electrons. The van der Waals surface area contributed by atoms with Crippen LogP contribution in [-0.4, -0.2) is 88.6 Å². The molecule has 0 aliphatic carbocycles. The molecule has 1 heterocycles. The first-order valence-corrected chi connectivity index (χ1v) is 5.52. The average molecular weight is 259 g/mol. The van der Waals surface area contributed by atoms with Crippen molar-refractivity contribution in [2.24, 2.45) is 0 Å². The van der Waals surface area contributed by atoms with Crippen molar-refractivity contribution in [3.63, 3.8) is 0 Å². The number of amides is 1. The van der Waals surface area contributed by atoms with Crippen LogP contribution in [0.5, 0.6) is 0 Å². The largest absolute Gasteiger partial charge is 0.445 e. The minimum Gasteiger partial charge on any atom is -0.445 e. The minimum absolute atomic E-state index is 0. The Hall–Kier alpha value is 0.0864. The maximum atomic E-state index is 11.6. The molecule has 1 fully saturated rings. The van der Waals surface area contributed by atoms with Gasteiger partial charge in [0.1, 0.15) is 6.61 Å². The van der Waals surface area contributed by atoms with Crippen LogP contribution in [-0.2, 0) is 11.3 Å². The van der Waals surface area contributed by atoms with Gasteiger partial charge in [0, 0.05) is 77.6 Å². The van der Waals surface area contributed by atoms with Crippen LogP contribution < -0.4 is 5.32 Å². The molecule has 87 valence electrons. The minimum atomic E-state index is -0.217. The van der Waals surface area contributed by atoms with Crippen molar-refractivity contribution in [3.05, 3.63) is 35.9 Å². The molecule has 1 aromatic rings. The maximum absolute atomic E-state index is 11.6. The average Bonchev–Trinajstić information content (AvgIpc) is 2.38. The van der Waals surface area contributed by atoms with Gasteiger partial charge in [-0.3, -0.25) is 0 Å². The molecule has 0 unspecified atom stereocenters. The summed E-state index contributed by atoms with van der Waals surface area (Å²) >= 11 is 0. The molecule has 1 N–H and O–H groups in total. The van der Waals surface area contributed by atoms with Crippen LogP contribution in [0, 0.1) is 0 Å². The van der Waals surface area contributed by atoms with Crippen molar-refractivity contribution >= 4 is 57.5 Å². The Morgan fingerprint density at radius 2 is 1.88 bits per heavy atom. The van der Waals surface area contributed by atoms with Crippen molar-refractivity contribution in [2.45, 2.75) is 6.61 Å². The molecule has 4 nitrogen and oxygen atoms in total. The molecular weight excluding hydrogens is 243 g/mol. The maximum Gasteiger partial charge on any atom is 0.410 e. The fraction of sp³-hybridized carbons (Fsp3) is 0.417. The summed E-state index contributed by atoms with van der Waals surface area (Å²) in [6.45, 7) is 3.51. The molecule has 0 atom stereocenters. The zero-order valence-corrected chi connectivity index (χ0v) is 13.3. The van der Waals surface area contributed by atoms with Gasteiger partial charge in [0.15, 0.2) is 0 Å². The van der Waals surface area contributed by atoms with E-state index < -0.39 is 0 Å². The van der Waals surface area contributed by atoms with E-state index in [2.05, 4.69) is 5.32 Å². The second kappa shape index (κ2) is 8.23. The van der Waals surface area contributed by atoms with E-state index in [-0.39, 0.29) is 57.5 Å². The van der Waals surface area contributed by atoms with E-state index >= 15 is 0 Å². The normalized spacial score (nSPS) is 14.9. The van der Waals surface area contributed by atoms with Crippen LogP contribution in [0.2, 0.25) is 0 Å². The number of hydrogen-bond acceptors (Lipinski definition) is 3. The number of benzene rings is 1. The second-order valence-corrected chi connectivity index (χ2v) is 3.78. The molecular formula is C12H16KN2O2. The van der Waals surface area contributed by atoms with Crippen molar-refractivity contribution < 1.29 is 9.53 Å². The Kier molecular flexibility index (Phi) is 7.34. The van der Waals surface area contributed by atoms with Crippen LogP contribution in [0.1, 0.15) is 5.56 Å². The van der Waals surface area contributed by atoms with Crippen LogP contribution in [0.25, 0.3) is 0 Å². The van der Waals surface area contributed by atoms with Gasteiger partial charge in [0.05, 0.1) is 0 Å². The Morgan fingerprint density at radius 1 is 1.24 bits per heavy atom. The van der Waals surface area contributed by atoms with Gasteiger partial charge in [0.25, 0.3) is 0 Å². The van der Waals surface area contributed by atoms with E-state index in [1.807, 2.05) is 30.3 Å². The van der Waals surface area contributed by atoms with Gasteiger partial charge in [-0.25, -0.2) is 4.79 Å². The van der Waals surface area contributed by atoms with Gasteiger partial charge < -0.3 is 15.0 Å². The van der Waals surface area contributed by atoms with E-state index in [0.29, 0.717) is 6.61 Å². The third-order valence-electron chi connectivity index (χ3n) is 2.58. The second-order valence-electron chi connectivity index (χ2n) is 3.78. The van der Waals surface area contributed by atoms with E-state index in [1.165, 1.54) is 0 Å². The standard InChI is InChI=1S/C12H16N2O2.K/c15-12(14-8-6-13-7-9-14)16-10-11-4-2-1-3-5-11;/h1-5,13H,6-10H2;. The molecule has 5 heteroatoms. The van der Waals surface area contributed by atoms with Crippen LogP contribution in [0.3, 0.4) is 0 Å². The summed E-state index contributed by atoms with van der Waals surface area (Å²) in [4.78, 5) is 13.4. The summed E-state index contributed by atoms with van der Waals surface area (Å²) < 4.78 is 5.23. The summed E-state index contributed by atoms with van der Waals surface area (Å²) in [6.07, 6.45) is -0.217. The number of carbonyl (C=O) groups excluding carboxylic acids is 1. The first-order chi connectivity index (χ1) is 7.86. The van der Waals surface area contributed by atoms with Gasteiger partial charge in [-0.15, -0.1) is 0 Å². The predicted molar refractivity (Wildman–Crippen MR) is 66.8 cm³/mol. The molecule has 2 rings (SSSR count). The molecule has 1 aliphatic rings. The van der Waals surface area contributed by atoms with Crippen LogP contribution >= 0.6 is 0 Å². The number of ether oxygens (including phenoxy) is 1. The topological polar surface area (TPSA) is 41.6 Å². The number of nitrogens with zero attached hydrogens (tertiary/aromatic N) is 1. The molecule has 0 aromatic heterocycles. The third-order valence-corrected chi connectivity index (χ3v) is 2.58. The van der Waals surface area contributed by atoms with E-state index in [0.717, 1.165) is 31.7 Å². The number of carbonyl (C=O) groups is 1.